The second-order valence-corrected chi connectivity index (χ2v) is 11.7. The zero-order valence-corrected chi connectivity index (χ0v) is 22.5. The Kier molecular flexibility index (Phi) is 7.55. The molecule has 0 spiro atoms. The van der Waals surface area contributed by atoms with E-state index in [1.165, 1.54) is 18.2 Å². The molecular weight excluding hydrogens is 532 g/mol. The fraction of sp³-hybridized carbons (Fsp3) is 0.286. The summed E-state index contributed by atoms with van der Waals surface area (Å²) in [6.45, 7) is 1.03. The number of carbonyl (C=O) groups is 3. The molecule has 2 atom stereocenters. The van der Waals surface area contributed by atoms with Crippen LogP contribution in [0.1, 0.15) is 23.2 Å². The minimum Gasteiger partial charge on any atom is -0.370 e. The molecule has 2 heterocycles. The van der Waals surface area contributed by atoms with Gasteiger partial charge in [-0.05, 0) is 53.8 Å². The lowest BCUT2D eigenvalue weighted by Crippen LogP contribution is -2.54. The Bertz CT molecular complexity index is 1610. The Labute approximate surface area is 231 Å². The van der Waals surface area contributed by atoms with Crippen LogP contribution in [0.2, 0.25) is 0 Å². The number of nitrogens with two attached hydrogens (primary N) is 1. The molecule has 0 aliphatic carbocycles. The maximum absolute atomic E-state index is 13.5. The number of hydrogen-bond acceptors (Lipinski definition) is 6. The van der Waals surface area contributed by atoms with E-state index in [2.05, 4.69) is 10.0 Å². The van der Waals surface area contributed by atoms with Crippen molar-refractivity contribution in [3.63, 3.8) is 0 Å². The molecule has 2 aliphatic rings. The number of guanidine groups is 1. The van der Waals surface area contributed by atoms with Crippen LogP contribution in [0.15, 0.2) is 71.6 Å². The number of likely N-dealkylation sites (tertiary alicyclic amines) is 1. The van der Waals surface area contributed by atoms with E-state index in [0.717, 1.165) is 23.1 Å². The number of fused-ring (bicyclic) bond motifs is 2. The average Bonchev–Trinajstić information content (AvgIpc) is 3.20. The number of carbonyl (C=O) groups excluding carboxylic acids is 3. The van der Waals surface area contributed by atoms with E-state index < -0.39 is 33.7 Å². The summed E-state index contributed by atoms with van der Waals surface area (Å²) in [7, 11) is -4.20. The second kappa shape index (κ2) is 11.1. The first-order valence-electron chi connectivity index (χ1n) is 13.0. The molecule has 12 heteroatoms. The average molecular weight is 563 g/mol. The number of nitrogens with zero attached hydrogens (tertiary/aromatic N) is 2. The van der Waals surface area contributed by atoms with Crippen molar-refractivity contribution < 1.29 is 22.8 Å². The quantitative estimate of drug-likeness (QED) is 0.183. The van der Waals surface area contributed by atoms with Crippen molar-refractivity contribution >= 4 is 50.0 Å². The van der Waals surface area contributed by atoms with Gasteiger partial charge in [-0.25, -0.2) is 8.42 Å². The number of amides is 2. The van der Waals surface area contributed by atoms with Crippen molar-refractivity contribution in [3.05, 3.63) is 72.3 Å². The smallest absolute Gasteiger partial charge is 0.299 e. The van der Waals surface area contributed by atoms with Gasteiger partial charge in [0.05, 0.1) is 22.7 Å². The van der Waals surface area contributed by atoms with Crippen LogP contribution in [0.25, 0.3) is 10.8 Å². The van der Waals surface area contributed by atoms with Crippen LogP contribution >= 0.6 is 0 Å². The number of anilines is 1. The number of hydrogen-bond donors (Lipinski definition) is 4. The molecule has 0 bridgehead atoms. The van der Waals surface area contributed by atoms with Gasteiger partial charge in [-0.1, -0.05) is 42.5 Å². The molecule has 0 radical (unpaired) electrons. The molecule has 1 fully saturated rings. The molecular formula is C28H30N6O5S. The summed E-state index contributed by atoms with van der Waals surface area (Å²) >= 11 is 0. The number of para-hydroxylation sites is 1. The van der Waals surface area contributed by atoms with Crippen molar-refractivity contribution in [1.82, 2.24) is 14.9 Å². The van der Waals surface area contributed by atoms with E-state index in [1.54, 1.807) is 41.3 Å². The summed E-state index contributed by atoms with van der Waals surface area (Å²) in [5, 5.41) is 12.1. The standard InChI is InChI=1S/C28H30N6O5S/c29-28(30)33-13-5-6-18(16-33)15-31-26(36)23(17-34-24-10-4-3-9-22(24)25(35)27(34)37)32-40(38,39)21-12-11-19-7-1-2-8-20(19)14-21/h1-4,7-12,14,18,23,32H,5-6,13,15-17H2,(H3,29,30)(H,31,36)/t18?,23-/m1/s1. The first-order chi connectivity index (χ1) is 19.1. The van der Waals surface area contributed by atoms with Gasteiger partial charge >= 0.3 is 0 Å². The largest absolute Gasteiger partial charge is 0.370 e. The maximum Gasteiger partial charge on any atom is 0.299 e. The van der Waals surface area contributed by atoms with Crippen molar-refractivity contribution in [2.75, 3.05) is 31.1 Å². The Morgan fingerprint density at radius 3 is 2.55 bits per heavy atom. The van der Waals surface area contributed by atoms with Crippen LogP contribution in [0.4, 0.5) is 5.69 Å². The van der Waals surface area contributed by atoms with E-state index in [1.807, 2.05) is 12.1 Å². The predicted molar refractivity (Wildman–Crippen MR) is 150 cm³/mol. The molecule has 3 aromatic rings. The third-order valence-corrected chi connectivity index (χ3v) is 8.78. The maximum atomic E-state index is 13.5. The molecule has 2 aliphatic heterocycles. The number of Topliss-reactive ketones (excluding diaryl/α,β-unsaturated/α-hetero) is 1. The highest BCUT2D eigenvalue weighted by atomic mass is 32.2. The number of rotatable bonds is 8. The molecule has 0 aromatic heterocycles. The summed E-state index contributed by atoms with van der Waals surface area (Å²) < 4.78 is 29.4. The lowest BCUT2D eigenvalue weighted by atomic mass is 9.98. The zero-order valence-electron chi connectivity index (χ0n) is 21.7. The van der Waals surface area contributed by atoms with Crippen molar-refractivity contribution in [2.24, 2.45) is 11.7 Å². The number of ketones is 1. The SMILES string of the molecule is N=C(N)N1CCCC(CNC(=O)[C@@H](CN2C(=O)C(=O)c3ccccc32)NS(=O)(=O)c2ccc3ccccc3c2)C1. The molecule has 2 amide bonds. The molecule has 208 valence electrons. The highest BCUT2D eigenvalue weighted by Crippen LogP contribution is 2.29. The Balaban J connectivity index is 1.39. The summed E-state index contributed by atoms with van der Waals surface area (Å²) in [5.74, 6) is -2.19. The van der Waals surface area contributed by atoms with Crippen LogP contribution in [0.5, 0.6) is 0 Å². The molecule has 0 saturated carbocycles. The summed E-state index contributed by atoms with van der Waals surface area (Å²) in [4.78, 5) is 41.7. The van der Waals surface area contributed by atoms with Crippen LogP contribution < -0.4 is 20.7 Å². The monoisotopic (exact) mass is 562 g/mol. The van der Waals surface area contributed by atoms with Gasteiger partial charge in [-0.3, -0.25) is 19.8 Å². The highest BCUT2D eigenvalue weighted by molar-refractivity contribution is 7.89. The molecule has 5 N–H and O–H groups in total. The fourth-order valence-electron chi connectivity index (χ4n) is 5.19. The lowest BCUT2D eigenvalue weighted by molar-refractivity contribution is -0.122. The number of nitrogens with one attached hydrogen (secondary N) is 3. The van der Waals surface area contributed by atoms with Gasteiger partial charge in [-0.2, -0.15) is 4.72 Å². The van der Waals surface area contributed by atoms with E-state index >= 15 is 0 Å². The highest BCUT2D eigenvalue weighted by Gasteiger charge is 2.39. The van der Waals surface area contributed by atoms with Crippen molar-refractivity contribution in [3.8, 4) is 0 Å². The van der Waals surface area contributed by atoms with Gasteiger partial charge in [0.25, 0.3) is 11.7 Å². The minimum absolute atomic E-state index is 0.00932. The van der Waals surface area contributed by atoms with Crippen LogP contribution in [0, 0.1) is 11.3 Å². The number of piperidine rings is 1. The molecule has 1 unspecified atom stereocenters. The van der Waals surface area contributed by atoms with Gasteiger partial charge in [0, 0.05) is 19.6 Å². The second-order valence-electron chi connectivity index (χ2n) is 10.0. The summed E-state index contributed by atoms with van der Waals surface area (Å²) in [6, 6.07) is 17.0. The van der Waals surface area contributed by atoms with E-state index in [9.17, 15) is 22.8 Å². The van der Waals surface area contributed by atoms with Gasteiger partial charge in [-0.15, -0.1) is 0 Å². The van der Waals surface area contributed by atoms with Crippen LogP contribution in [0.3, 0.4) is 0 Å². The van der Waals surface area contributed by atoms with Crippen molar-refractivity contribution in [1.29, 1.82) is 5.41 Å². The topological polar surface area (TPSA) is 166 Å². The van der Waals surface area contributed by atoms with Crippen LogP contribution in [-0.2, 0) is 19.6 Å². The number of sulfonamides is 1. The molecule has 3 aromatic carbocycles. The van der Waals surface area contributed by atoms with E-state index in [0.29, 0.717) is 24.2 Å². The van der Waals surface area contributed by atoms with E-state index in [4.69, 9.17) is 11.1 Å². The predicted octanol–water partition coefficient (Wildman–Crippen LogP) is 1.44. The van der Waals surface area contributed by atoms with Gasteiger partial charge in [0.15, 0.2) is 5.96 Å². The molecule has 11 nitrogen and oxygen atoms in total. The van der Waals surface area contributed by atoms with Crippen molar-refractivity contribution in [2.45, 2.75) is 23.8 Å². The molecule has 40 heavy (non-hydrogen) atoms. The Hall–Kier alpha value is -4.29. The number of benzene rings is 3. The first-order valence-corrected chi connectivity index (χ1v) is 14.5. The van der Waals surface area contributed by atoms with Gasteiger partial charge in [0.2, 0.25) is 15.9 Å². The fourth-order valence-corrected chi connectivity index (χ4v) is 6.42. The van der Waals surface area contributed by atoms with E-state index in [-0.39, 0.29) is 35.4 Å². The summed E-state index contributed by atoms with van der Waals surface area (Å²) in [6.07, 6.45) is 1.61. The lowest BCUT2D eigenvalue weighted by Gasteiger charge is -2.33. The molecule has 5 rings (SSSR count). The summed E-state index contributed by atoms with van der Waals surface area (Å²) in [5.41, 5.74) is 6.16. The normalized spacial score (nSPS) is 18.1. The van der Waals surface area contributed by atoms with Crippen LogP contribution in [-0.4, -0.2) is 69.1 Å². The third-order valence-electron chi connectivity index (χ3n) is 7.31. The zero-order chi connectivity index (χ0) is 28.4. The van der Waals surface area contributed by atoms with Gasteiger partial charge < -0.3 is 20.9 Å². The molecule has 1 saturated heterocycles. The Morgan fingerprint density at radius 2 is 1.77 bits per heavy atom. The Morgan fingerprint density at radius 1 is 1.05 bits per heavy atom. The minimum atomic E-state index is -4.20. The third kappa shape index (κ3) is 5.54. The van der Waals surface area contributed by atoms with Gasteiger partial charge in [0.1, 0.15) is 6.04 Å². The first kappa shape index (κ1) is 27.3.